The van der Waals surface area contributed by atoms with Crippen molar-refractivity contribution in [3.05, 3.63) is 69.8 Å². The van der Waals surface area contributed by atoms with Crippen molar-refractivity contribution in [3.8, 4) is 0 Å². The van der Waals surface area contributed by atoms with Crippen molar-refractivity contribution < 1.29 is 13.2 Å². The molecule has 2 aromatic carbocycles. The van der Waals surface area contributed by atoms with Crippen LogP contribution in [0.4, 0.5) is 0 Å². The maximum absolute atomic E-state index is 12.8. The van der Waals surface area contributed by atoms with Crippen LogP contribution in [0.5, 0.6) is 0 Å². The molecule has 0 aliphatic heterocycles. The Balaban J connectivity index is 2.19. The fourth-order valence-electron chi connectivity index (χ4n) is 2.69. The average molecular weight is 392 g/mol. The van der Waals surface area contributed by atoms with Crippen LogP contribution in [-0.2, 0) is 15.8 Å². The highest BCUT2D eigenvalue weighted by Crippen LogP contribution is 2.30. The number of aromatic nitrogens is 1. The number of rotatable bonds is 4. The van der Waals surface area contributed by atoms with Gasteiger partial charge in [-0.3, -0.25) is 4.79 Å². The number of hydrogen-bond donors (Lipinski definition) is 0. The first-order valence-electron chi connectivity index (χ1n) is 6.96. The zero-order valence-electron chi connectivity index (χ0n) is 12.4. The predicted octanol–water partition coefficient (Wildman–Crippen LogP) is 3.90. The van der Waals surface area contributed by atoms with Crippen LogP contribution in [-0.4, -0.2) is 18.7 Å². The first kappa shape index (κ1) is 16.0. The molecule has 0 radical (unpaired) electrons. The minimum atomic E-state index is -3.57. The van der Waals surface area contributed by atoms with Crippen molar-refractivity contribution in [3.63, 3.8) is 0 Å². The van der Waals surface area contributed by atoms with Gasteiger partial charge in [-0.2, -0.15) is 0 Å². The Hall–Kier alpha value is -1.92. The summed E-state index contributed by atoms with van der Waals surface area (Å²) in [5, 5.41) is 0.628. The highest BCUT2D eigenvalue weighted by molar-refractivity contribution is 9.10. The smallest absolute Gasteiger partial charge is 0.243 e. The maximum Gasteiger partial charge on any atom is 0.243 e. The van der Waals surface area contributed by atoms with Gasteiger partial charge in [0.25, 0.3) is 0 Å². The number of carbonyl (C=O) groups excluding carboxylic acids is 1. The van der Waals surface area contributed by atoms with E-state index in [1.54, 1.807) is 24.3 Å². The standard InChI is InChI=1S/C17H14BrNO3S/c1-12-9-16(18)15(10-20)14-7-8-19(17(12)14)23(21,22)11-13-5-3-2-4-6-13/h2-10H,11H2,1H3. The van der Waals surface area contributed by atoms with E-state index in [0.717, 1.165) is 17.4 Å². The monoisotopic (exact) mass is 391 g/mol. The molecule has 4 nitrogen and oxygen atoms in total. The molecule has 118 valence electrons. The second-order valence-corrected chi connectivity index (χ2v) is 8.02. The summed E-state index contributed by atoms with van der Waals surface area (Å²) in [7, 11) is -3.57. The molecule has 0 N–H and O–H groups in total. The molecule has 1 heterocycles. The fraction of sp³-hybridized carbons (Fsp3) is 0.118. The number of aryl methyl sites for hydroxylation is 1. The van der Waals surface area contributed by atoms with Crippen LogP contribution in [0.1, 0.15) is 21.5 Å². The zero-order chi connectivity index (χ0) is 16.6. The minimum Gasteiger partial charge on any atom is -0.298 e. The molecule has 0 saturated carbocycles. The molecule has 0 aliphatic rings. The molecule has 0 bridgehead atoms. The number of benzene rings is 2. The lowest BCUT2D eigenvalue weighted by Crippen LogP contribution is -2.14. The molecule has 0 atom stereocenters. The topological polar surface area (TPSA) is 56.1 Å². The predicted molar refractivity (Wildman–Crippen MR) is 94.2 cm³/mol. The van der Waals surface area contributed by atoms with Crippen LogP contribution in [0.15, 0.2) is 53.1 Å². The molecule has 0 fully saturated rings. The van der Waals surface area contributed by atoms with Gasteiger partial charge in [-0.25, -0.2) is 12.4 Å². The van der Waals surface area contributed by atoms with E-state index in [-0.39, 0.29) is 5.75 Å². The van der Waals surface area contributed by atoms with Gasteiger partial charge in [0.15, 0.2) is 6.29 Å². The lowest BCUT2D eigenvalue weighted by Gasteiger charge is -2.11. The third-order valence-corrected chi connectivity index (χ3v) is 5.98. The maximum atomic E-state index is 12.8. The van der Waals surface area contributed by atoms with E-state index in [1.807, 2.05) is 25.1 Å². The van der Waals surface area contributed by atoms with Crippen molar-refractivity contribution in [2.45, 2.75) is 12.7 Å². The van der Waals surface area contributed by atoms with Crippen LogP contribution < -0.4 is 0 Å². The number of carbonyl (C=O) groups is 1. The van der Waals surface area contributed by atoms with E-state index in [9.17, 15) is 13.2 Å². The Morgan fingerprint density at radius 1 is 1.17 bits per heavy atom. The van der Waals surface area contributed by atoms with Crippen molar-refractivity contribution in [1.82, 2.24) is 3.97 Å². The SMILES string of the molecule is Cc1cc(Br)c(C=O)c2ccn(S(=O)(=O)Cc3ccccc3)c12. The fourth-order valence-corrected chi connectivity index (χ4v) is 4.86. The second-order valence-electron chi connectivity index (χ2n) is 5.32. The lowest BCUT2D eigenvalue weighted by atomic mass is 10.1. The Morgan fingerprint density at radius 3 is 2.52 bits per heavy atom. The van der Waals surface area contributed by atoms with E-state index in [2.05, 4.69) is 15.9 Å². The summed E-state index contributed by atoms with van der Waals surface area (Å²) in [6.45, 7) is 1.83. The van der Waals surface area contributed by atoms with Gasteiger partial charge in [0.05, 0.1) is 11.3 Å². The molecular weight excluding hydrogens is 378 g/mol. The van der Waals surface area contributed by atoms with E-state index < -0.39 is 10.0 Å². The van der Waals surface area contributed by atoms with Crippen molar-refractivity contribution in [2.24, 2.45) is 0 Å². The normalized spacial score (nSPS) is 11.7. The Bertz CT molecular complexity index is 992. The van der Waals surface area contributed by atoms with Gasteiger partial charge in [-0.1, -0.05) is 46.3 Å². The van der Waals surface area contributed by atoms with Crippen LogP contribution in [0.2, 0.25) is 0 Å². The summed E-state index contributed by atoms with van der Waals surface area (Å²) < 4.78 is 27.5. The Labute approximate surface area is 142 Å². The highest BCUT2D eigenvalue weighted by atomic mass is 79.9. The van der Waals surface area contributed by atoms with Crippen molar-refractivity contribution in [2.75, 3.05) is 0 Å². The zero-order valence-corrected chi connectivity index (χ0v) is 14.8. The molecule has 0 unspecified atom stereocenters. The molecule has 0 aliphatic carbocycles. The molecular formula is C17H14BrNO3S. The number of halogens is 1. The van der Waals surface area contributed by atoms with Crippen molar-refractivity contribution in [1.29, 1.82) is 0 Å². The van der Waals surface area contributed by atoms with E-state index in [0.29, 0.717) is 20.9 Å². The molecule has 23 heavy (non-hydrogen) atoms. The summed E-state index contributed by atoms with van der Waals surface area (Å²) >= 11 is 3.35. The molecule has 0 spiro atoms. The van der Waals surface area contributed by atoms with E-state index in [1.165, 1.54) is 10.2 Å². The van der Waals surface area contributed by atoms with Crippen LogP contribution in [0, 0.1) is 6.92 Å². The summed E-state index contributed by atoms with van der Waals surface area (Å²) in [4.78, 5) is 11.3. The Morgan fingerprint density at radius 2 is 1.87 bits per heavy atom. The van der Waals surface area contributed by atoms with Crippen LogP contribution in [0.3, 0.4) is 0 Å². The van der Waals surface area contributed by atoms with Gasteiger partial charge in [0.2, 0.25) is 10.0 Å². The average Bonchev–Trinajstić information content (AvgIpc) is 2.94. The van der Waals surface area contributed by atoms with Gasteiger partial charge in [0.1, 0.15) is 0 Å². The number of fused-ring (bicyclic) bond motifs is 1. The van der Waals surface area contributed by atoms with Crippen LogP contribution >= 0.6 is 15.9 Å². The summed E-state index contributed by atoms with van der Waals surface area (Å²) in [5.74, 6) is -0.0937. The van der Waals surface area contributed by atoms with Crippen LogP contribution in [0.25, 0.3) is 10.9 Å². The van der Waals surface area contributed by atoms with Crippen molar-refractivity contribution >= 4 is 43.1 Å². The van der Waals surface area contributed by atoms with E-state index in [4.69, 9.17) is 0 Å². The van der Waals surface area contributed by atoms with E-state index >= 15 is 0 Å². The highest BCUT2D eigenvalue weighted by Gasteiger charge is 2.20. The number of hydrogen-bond acceptors (Lipinski definition) is 3. The third-order valence-electron chi connectivity index (χ3n) is 3.73. The lowest BCUT2D eigenvalue weighted by molar-refractivity contribution is 0.112. The van der Waals surface area contributed by atoms with Gasteiger partial charge in [-0.05, 0) is 30.2 Å². The molecule has 0 amide bonds. The first-order valence-corrected chi connectivity index (χ1v) is 9.37. The first-order chi connectivity index (χ1) is 10.9. The second kappa shape index (κ2) is 5.94. The van der Waals surface area contributed by atoms with Gasteiger partial charge in [-0.15, -0.1) is 0 Å². The minimum absolute atomic E-state index is 0.0937. The van der Waals surface area contributed by atoms with Gasteiger partial charge >= 0.3 is 0 Å². The summed E-state index contributed by atoms with van der Waals surface area (Å²) in [5.41, 5.74) is 2.52. The molecule has 1 aromatic heterocycles. The van der Waals surface area contributed by atoms with Gasteiger partial charge in [0, 0.05) is 21.6 Å². The quantitative estimate of drug-likeness (QED) is 0.633. The molecule has 0 saturated heterocycles. The largest absolute Gasteiger partial charge is 0.298 e. The molecule has 3 rings (SSSR count). The summed E-state index contributed by atoms with van der Waals surface area (Å²) in [6, 6.07) is 12.5. The summed E-state index contributed by atoms with van der Waals surface area (Å²) in [6.07, 6.45) is 2.25. The molecule has 3 aromatic rings. The third kappa shape index (κ3) is 2.84. The Kier molecular flexibility index (Phi) is 4.12. The molecule has 6 heteroatoms. The van der Waals surface area contributed by atoms with Gasteiger partial charge < -0.3 is 0 Å². The number of nitrogens with zero attached hydrogens (tertiary/aromatic N) is 1. The number of aldehydes is 1.